The van der Waals surface area contributed by atoms with Crippen LogP contribution in [0, 0.1) is 13.8 Å². The Bertz CT molecular complexity index is 1550. The molecule has 0 amide bonds. The lowest BCUT2D eigenvalue weighted by atomic mass is 9.95. The van der Waals surface area contributed by atoms with E-state index in [1.165, 1.54) is 72.8 Å². The standard InChI is InChI=1S/C35H33F4NO6/c1-22-28(7-4-9-30(22)45-34(36,37)26-16-12-24(13-17-26)6-3-11-32(41)42)29-8-5-10-31(23(29)2)46-35(38,39)27-18-14-25(15-19-27)20-40-21-33(43)44/h4-5,7-10,12-19,40H,3,6,11,20-21H2,1-2H3,(H,41,42)(H,43,44). The van der Waals surface area contributed by atoms with Gasteiger partial charge < -0.3 is 25.0 Å². The van der Waals surface area contributed by atoms with E-state index in [4.69, 9.17) is 19.7 Å². The number of carboxylic acids is 2. The number of hydrogen-bond donors (Lipinski definition) is 3. The van der Waals surface area contributed by atoms with E-state index in [1.807, 2.05) is 0 Å². The quantitative estimate of drug-likeness (QED) is 0.114. The number of rotatable bonds is 15. The van der Waals surface area contributed by atoms with Crippen LogP contribution in [-0.4, -0.2) is 28.7 Å². The van der Waals surface area contributed by atoms with Gasteiger partial charge in [0.2, 0.25) is 0 Å². The number of halogens is 4. The number of nitrogens with one attached hydrogen (secondary N) is 1. The van der Waals surface area contributed by atoms with Crippen LogP contribution in [0.15, 0.2) is 84.9 Å². The number of hydrogen-bond acceptors (Lipinski definition) is 5. The third-order valence-electron chi connectivity index (χ3n) is 7.38. The lowest BCUT2D eigenvalue weighted by Gasteiger charge is -2.23. The van der Waals surface area contributed by atoms with Gasteiger partial charge in [-0.05, 0) is 96.5 Å². The molecule has 0 bridgehead atoms. The maximum atomic E-state index is 15.2. The largest absolute Gasteiger partial charge is 0.481 e. The predicted octanol–water partition coefficient (Wildman–Crippen LogP) is 7.81. The fourth-order valence-electron chi connectivity index (χ4n) is 4.87. The Hall–Kier alpha value is -4.90. The van der Waals surface area contributed by atoms with Crippen molar-refractivity contribution in [1.82, 2.24) is 5.32 Å². The minimum Gasteiger partial charge on any atom is -0.481 e. The normalized spacial score (nSPS) is 11.7. The highest BCUT2D eigenvalue weighted by molar-refractivity contribution is 5.74. The summed E-state index contributed by atoms with van der Waals surface area (Å²) in [6, 6.07) is 20.0. The van der Waals surface area contributed by atoms with Crippen molar-refractivity contribution in [1.29, 1.82) is 0 Å². The maximum Gasteiger partial charge on any atom is 0.426 e. The SMILES string of the molecule is Cc1c(OC(F)(F)c2ccc(CCCC(=O)O)cc2)cccc1-c1cccc(OC(F)(F)c2ccc(CNCC(=O)O)cc2)c1C. The van der Waals surface area contributed by atoms with Crippen LogP contribution < -0.4 is 14.8 Å². The van der Waals surface area contributed by atoms with Gasteiger partial charge in [0.25, 0.3) is 0 Å². The molecule has 3 N–H and O–H groups in total. The van der Waals surface area contributed by atoms with E-state index < -0.39 is 29.7 Å². The Morgan fingerprint density at radius 1 is 0.674 bits per heavy atom. The molecule has 0 heterocycles. The zero-order valence-electron chi connectivity index (χ0n) is 25.2. The van der Waals surface area contributed by atoms with Gasteiger partial charge in [-0.15, -0.1) is 0 Å². The molecule has 7 nitrogen and oxygen atoms in total. The van der Waals surface area contributed by atoms with E-state index in [9.17, 15) is 9.59 Å². The van der Waals surface area contributed by atoms with Gasteiger partial charge >= 0.3 is 24.2 Å². The first-order valence-corrected chi connectivity index (χ1v) is 14.4. The van der Waals surface area contributed by atoms with Crippen LogP contribution in [0.2, 0.25) is 0 Å². The van der Waals surface area contributed by atoms with Gasteiger partial charge in [-0.25, -0.2) is 0 Å². The Balaban J connectivity index is 1.51. The van der Waals surface area contributed by atoms with Gasteiger partial charge in [0.1, 0.15) is 11.5 Å². The third kappa shape index (κ3) is 8.63. The van der Waals surface area contributed by atoms with Crippen molar-refractivity contribution >= 4 is 11.9 Å². The van der Waals surface area contributed by atoms with E-state index >= 15 is 17.6 Å². The topological polar surface area (TPSA) is 105 Å². The summed E-state index contributed by atoms with van der Waals surface area (Å²) in [5.74, 6) is -2.15. The Labute approximate surface area is 263 Å². The molecule has 0 saturated carbocycles. The van der Waals surface area contributed by atoms with Crippen LogP contribution in [0.3, 0.4) is 0 Å². The zero-order valence-corrected chi connectivity index (χ0v) is 25.2. The van der Waals surface area contributed by atoms with Gasteiger partial charge in [-0.1, -0.05) is 48.5 Å². The number of alkyl halides is 4. The van der Waals surface area contributed by atoms with E-state index in [0.29, 0.717) is 40.7 Å². The molecule has 0 spiro atoms. The molecule has 0 atom stereocenters. The van der Waals surface area contributed by atoms with Gasteiger partial charge in [0, 0.05) is 13.0 Å². The maximum absolute atomic E-state index is 15.2. The molecule has 0 fully saturated rings. The fraction of sp³-hybridized carbons (Fsp3) is 0.257. The second-order valence-electron chi connectivity index (χ2n) is 10.7. The summed E-state index contributed by atoms with van der Waals surface area (Å²) in [6.45, 7) is 3.12. The molecule has 46 heavy (non-hydrogen) atoms. The molecule has 4 aromatic carbocycles. The number of aryl methyl sites for hydroxylation is 1. The van der Waals surface area contributed by atoms with Crippen molar-refractivity contribution in [3.8, 4) is 22.6 Å². The smallest absolute Gasteiger partial charge is 0.426 e. The summed E-state index contributed by atoms with van der Waals surface area (Å²) >= 11 is 0. The molecule has 0 aliphatic carbocycles. The average molecular weight is 640 g/mol. The fourth-order valence-corrected chi connectivity index (χ4v) is 4.87. The molecule has 4 aromatic rings. The van der Waals surface area contributed by atoms with Crippen LogP contribution in [0.4, 0.5) is 17.6 Å². The number of carbonyl (C=O) groups is 2. The number of carboxylic acid groups (broad SMARTS) is 2. The molecule has 0 saturated heterocycles. The molecule has 11 heteroatoms. The Morgan fingerprint density at radius 3 is 1.57 bits per heavy atom. The first-order valence-electron chi connectivity index (χ1n) is 14.4. The first-order chi connectivity index (χ1) is 21.8. The van der Waals surface area contributed by atoms with Crippen molar-refractivity contribution < 1.29 is 46.8 Å². The summed E-state index contributed by atoms with van der Waals surface area (Å²) in [5, 5.41) is 20.2. The summed E-state index contributed by atoms with van der Waals surface area (Å²) in [5.41, 5.74) is 2.28. The second kappa shape index (κ2) is 14.5. The predicted molar refractivity (Wildman–Crippen MR) is 163 cm³/mol. The average Bonchev–Trinajstić information content (AvgIpc) is 2.99. The molecule has 0 radical (unpaired) electrons. The number of ether oxygens (including phenoxy) is 2. The van der Waals surface area contributed by atoms with Crippen molar-refractivity contribution in [2.24, 2.45) is 0 Å². The van der Waals surface area contributed by atoms with Crippen molar-refractivity contribution in [3.05, 3.63) is 118 Å². The minimum atomic E-state index is -3.70. The lowest BCUT2D eigenvalue weighted by molar-refractivity contribution is -0.186. The van der Waals surface area contributed by atoms with Crippen molar-refractivity contribution in [2.75, 3.05) is 6.54 Å². The number of benzene rings is 4. The first kappa shape index (κ1) is 34.0. The van der Waals surface area contributed by atoms with Gasteiger partial charge in [-0.3, -0.25) is 9.59 Å². The highest BCUT2D eigenvalue weighted by Gasteiger charge is 2.36. The van der Waals surface area contributed by atoms with Crippen LogP contribution in [0.1, 0.15) is 46.2 Å². The third-order valence-corrected chi connectivity index (χ3v) is 7.38. The summed E-state index contributed by atoms with van der Waals surface area (Å²) in [6.07, 6.45) is -6.58. The molecular weight excluding hydrogens is 606 g/mol. The lowest BCUT2D eigenvalue weighted by Crippen LogP contribution is -2.23. The molecule has 0 unspecified atom stereocenters. The van der Waals surface area contributed by atoms with Gasteiger partial charge in [-0.2, -0.15) is 17.6 Å². The molecule has 0 aliphatic rings. The van der Waals surface area contributed by atoms with E-state index in [1.54, 1.807) is 26.0 Å². The Morgan fingerprint density at radius 2 is 1.13 bits per heavy atom. The molecule has 4 rings (SSSR count). The highest BCUT2D eigenvalue weighted by atomic mass is 19.3. The van der Waals surface area contributed by atoms with Crippen LogP contribution in [0.25, 0.3) is 11.1 Å². The van der Waals surface area contributed by atoms with E-state index in [2.05, 4.69) is 5.32 Å². The summed E-state index contributed by atoms with van der Waals surface area (Å²) < 4.78 is 71.2. The van der Waals surface area contributed by atoms with Gasteiger partial charge in [0.15, 0.2) is 0 Å². The summed E-state index contributed by atoms with van der Waals surface area (Å²) in [7, 11) is 0. The molecule has 0 aromatic heterocycles. The zero-order chi connectivity index (χ0) is 33.5. The molecule has 242 valence electrons. The van der Waals surface area contributed by atoms with Crippen LogP contribution in [-0.2, 0) is 34.8 Å². The summed E-state index contributed by atoms with van der Waals surface area (Å²) in [4.78, 5) is 21.4. The molecule has 0 aliphatic heterocycles. The van der Waals surface area contributed by atoms with Crippen LogP contribution in [0.5, 0.6) is 11.5 Å². The second-order valence-corrected chi connectivity index (χ2v) is 10.7. The van der Waals surface area contributed by atoms with Gasteiger partial charge in [0.05, 0.1) is 17.7 Å². The Kier molecular flexibility index (Phi) is 10.7. The van der Waals surface area contributed by atoms with E-state index in [0.717, 1.165) is 5.56 Å². The van der Waals surface area contributed by atoms with Crippen molar-refractivity contribution in [2.45, 2.75) is 51.9 Å². The highest BCUT2D eigenvalue weighted by Crippen LogP contribution is 2.41. The van der Waals surface area contributed by atoms with Crippen molar-refractivity contribution in [3.63, 3.8) is 0 Å². The van der Waals surface area contributed by atoms with Crippen LogP contribution >= 0.6 is 0 Å². The van der Waals surface area contributed by atoms with E-state index in [-0.39, 0.29) is 36.6 Å². The number of aliphatic carboxylic acids is 2. The monoisotopic (exact) mass is 639 g/mol. The molecular formula is C35H33F4NO6. The minimum absolute atomic E-state index is 0.0156.